The van der Waals surface area contributed by atoms with Crippen LogP contribution in [0, 0.1) is 0 Å². The first-order valence-corrected chi connectivity index (χ1v) is 3.66. The minimum absolute atomic E-state index is 0.520. The summed E-state index contributed by atoms with van der Waals surface area (Å²) in [7, 11) is 1.56. The topological polar surface area (TPSA) is 61.0 Å². The first-order valence-electron chi connectivity index (χ1n) is 3.66. The highest BCUT2D eigenvalue weighted by atomic mass is 16.5. The lowest BCUT2D eigenvalue weighted by molar-refractivity contribution is 0.397. The zero-order valence-electron chi connectivity index (χ0n) is 6.97. The van der Waals surface area contributed by atoms with Crippen LogP contribution in [-0.2, 0) is 0 Å². The molecule has 0 aliphatic carbocycles. The van der Waals surface area contributed by atoms with Crippen LogP contribution in [-0.4, -0.2) is 22.2 Å². The second kappa shape index (κ2) is 3.22. The van der Waals surface area contributed by atoms with Crippen molar-refractivity contribution in [3.63, 3.8) is 0 Å². The van der Waals surface area contributed by atoms with Gasteiger partial charge in [0.05, 0.1) is 24.6 Å². The smallest absolute Gasteiger partial charge is 0.216 e. The number of ether oxygens (including phenoxy) is 1. The van der Waals surface area contributed by atoms with Crippen molar-refractivity contribution in [2.75, 3.05) is 7.11 Å². The summed E-state index contributed by atoms with van der Waals surface area (Å²) in [5.41, 5.74) is 1.54. The minimum Gasteiger partial charge on any atom is -0.481 e. The summed E-state index contributed by atoms with van der Waals surface area (Å²) in [6, 6.07) is 1.71. The third-order valence-electron chi connectivity index (χ3n) is 1.58. The number of nitrogens with zero attached hydrogens (tertiary/aromatic N) is 3. The highest BCUT2D eigenvalue weighted by molar-refractivity contribution is 5.56. The normalized spacial score (nSPS) is 9.92. The fourth-order valence-corrected chi connectivity index (χ4v) is 0.940. The summed E-state index contributed by atoms with van der Waals surface area (Å²) in [6.07, 6.45) is 4.53. The molecule has 13 heavy (non-hydrogen) atoms. The molecule has 0 radical (unpaired) electrons. The monoisotopic (exact) mass is 177 g/mol. The van der Waals surface area contributed by atoms with Gasteiger partial charge in [0.2, 0.25) is 5.88 Å². The van der Waals surface area contributed by atoms with Gasteiger partial charge in [0.15, 0.2) is 0 Å². The van der Waals surface area contributed by atoms with E-state index in [4.69, 9.17) is 9.26 Å². The molecule has 0 N–H and O–H groups in total. The maximum Gasteiger partial charge on any atom is 0.216 e. The fourth-order valence-electron chi connectivity index (χ4n) is 0.940. The lowest BCUT2D eigenvalue weighted by Gasteiger charge is -1.98. The van der Waals surface area contributed by atoms with Crippen molar-refractivity contribution in [2.24, 2.45) is 0 Å². The Balaban J connectivity index is 2.41. The van der Waals surface area contributed by atoms with Crippen LogP contribution in [0.2, 0.25) is 0 Å². The number of aromatic nitrogens is 3. The number of hydrogen-bond acceptors (Lipinski definition) is 5. The SMILES string of the molecule is COc1cc(-c2cnoc2)ncn1. The Morgan fingerprint density at radius 3 is 3.00 bits per heavy atom. The predicted octanol–water partition coefficient (Wildman–Crippen LogP) is 1.14. The van der Waals surface area contributed by atoms with Crippen LogP contribution >= 0.6 is 0 Å². The molecule has 0 aliphatic rings. The molecule has 0 amide bonds. The van der Waals surface area contributed by atoms with Crippen molar-refractivity contribution in [1.82, 2.24) is 15.1 Å². The van der Waals surface area contributed by atoms with Crippen LogP contribution in [0.4, 0.5) is 0 Å². The first kappa shape index (κ1) is 7.72. The largest absolute Gasteiger partial charge is 0.481 e. The Labute approximate surface area is 74.4 Å². The summed E-state index contributed by atoms with van der Waals surface area (Å²) in [4.78, 5) is 7.92. The van der Waals surface area contributed by atoms with E-state index < -0.39 is 0 Å². The second-order valence-corrected chi connectivity index (χ2v) is 2.36. The molecular formula is C8H7N3O2. The maximum atomic E-state index is 4.95. The van der Waals surface area contributed by atoms with Crippen LogP contribution in [0.15, 0.2) is 29.4 Å². The molecule has 0 saturated heterocycles. The van der Waals surface area contributed by atoms with Crippen molar-refractivity contribution in [1.29, 1.82) is 0 Å². The Kier molecular flexibility index (Phi) is 1.91. The van der Waals surface area contributed by atoms with Crippen molar-refractivity contribution in [3.8, 4) is 17.1 Å². The van der Waals surface area contributed by atoms with Gasteiger partial charge in [-0.3, -0.25) is 0 Å². The molecule has 0 saturated carbocycles. The molecule has 0 bridgehead atoms. The van der Waals surface area contributed by atoms with Gasteiger partial charge in [-0.05, 0) is 0 Å². The Hall–Kier alpha value is -1.91. The molecule has 2 aromatic heterocycles. The van der Waals surface area contributed by atoms with E-state index in [9.17, 15) is 0 Å². The Morgan fingerprint density at radius 2 is 2.31 bits per heavy atom. The summed E-state index contributed by atoms with van der Waals surface area (Å²) in [6.45, 7) is 0. The van der Waals surface area contributed by atoms with Crippen LogP contribution < -0.4 is 4.74 Å². The summed E-state index contributed by atoms with van der Waals surface area (Å²) in [5, 5.41) is 3.58. The summed E-state index contributed by atoms with van der Waals surface area (Å²) >= 11 is 0. The quantitative estimate of drug-likeness (QED) is 0.688. The van der Waals surface area contributed by atoms with Crippen LogP contribution in [0.3, 0.4) is 0 Å². The first-order chi connectivity index (χ1) is 6.40. The molecule has 0 unspecified atom stereocenters. The summed E-state index contributed by atoms with van der Waals surface area (Å²) < 4.78 is 9.64. The average molecular weight is 177 g/mol. The number of rotatable bonds is 2. The van der Waals surface area contributed by atoms with Gasteiger partial charge in [-0.1, -0.05) is 5.16 Å². The van der Waals surface area contributed by atoms with E-state index in [1.54, 1.807) is 19.4 Å². The fraction of sp³-hybridized carbons (Fsp3) is 0.125. The molecule has 0 aromatic carbocycles. The molecule has 2 rings (SSSR count). The maximum absolute atomic E-state index is 4.95. The molecule has 2 aromatic rings. The highest BCUT2D eigenvalue weighted by Crippen LogP contribution is 2.18. The van der Waals surface area contributed by atoms with E-state index in [0.29, 0.717) is 5.88 Å². The molecule has 0 fully saturated rings. The molecular weight excluding hydrogens is 170 g/mol. The lowest BCUT2D eigenvalue weighted by atomic mass is 10.2. The van der Waals surface area contributed by atoms with Gasteiger partial charge in [-0.2, -0.15) is 0 Å². The zero-order chi connectivity index (χ0) is 9.10. The lowest BCUT2D eigenvalue weighted by Crippen LogP contribution is -1.89. The van der Waals surface area contributed by atoms with Gasteiger partial charge in [0.25, 0.3) is 0 Å². The molecule has 5 heteroatoms. The Bertz CT molecular complexity index is 386. The minimum atomic E-state index is 0.520. The highest BCUT2D eigenvalue weighted by Gasteiger charge is 2.03. The van der Waals surface area contributed by atoms with Gasteiger partial charge < -0.3 is 9.26 Å². The van der Waals surface area contributed by atoms with Gasteiger partial charge in [0.1, 0.15) is 12.6 Å². The van der Waals surface area contributed by atoms with E-state index in [1.807, 2.05) is 0 Å². The van der Waals surface area contributed by atoms with Gasteiger partial charge >= 0.3 is 0 Å². The van der Waals surface area contributed by atoms with Crippen LogP contribution in [0.5, 0.6) is 5.88 Å². The van der Waals surface area contributed by atoms with Crippen LogP contribution in [0.1, 0.15) is 0 Å². The molecule has 66 valence electrons. The van der Waals surface area contributed by atoms with Gasteiger partial charge in [-0.25, -0.2) is 9.97 Å². The van der Waals surface area contributed by atoms with Crippen molar-refractivity contribution in [3.05, 3.63) is 24.9 Å². The van der Waals surface area contributed by atoms with E-state index >= 15 is 0 Å². The molecule has 0 atom stereocenters. The average Bonchev–Trinajstić information content (AvgIpc) is 2.71. The Morgan fingerprint density at radius 1 is 1.38 bits per heavy atom. The zero-order valence-corrected chi connectivity index (χ0v) is 6.97. The predicted molar refractivity (Wildman–Crippen MR) is 44.1 cm³/mol. The molecule has 5 nitrogen and oxygen atoms in total. The van der Waals surface area contributed by atoms with E-state index in [1.165, 1.54) is 12.6 Å². The molecule has 0 spiro atoms. The third kappa shape index (κ3) is 1.48. The van der Waals surface area contributed by atoms with Crippen molar-refractivity contribution >= 4 is 0 Å². The third-order valence-corrected chi connectivity index (χ3v) is 1.58. The van der Waals surface area contributed by atoms with Crippen LogP contribution in [0.25, 0.3) is 11.3 Å². The summed E-state index contributed by atoms with van der Waals surface area (Å²) in [5.74, 6) is 0.520. The number of hydrogen-bond donors (Lipinski definition) is 0. The second-order valence-electron chi connectivity index (χ2n) is 2.36. The van der Waals surface area contributed by atoms with Gasteiger partial charge in [0, 0.05) is 6.07 Å². The van der Waals surface area contributed by atoms with E-state index in [-0.39, 0.29) is 0 Å². The van der Waals surface area contributed by atoms with E-state index in [0.717, 1.165) is 11.3 Å². The van der Waals surface area contributed by atoms with Gasteiger partial charge in [-0.15, -0.1) is 0 Å². The number of methoxy groups -OCH3 is 1. The molecule has 2 heterocycles. The standard InChI is InChI=1S/C8H7N3O2/c1-12-8-2-7(9-5-10-8)6-3-11-13-4-6/h2-5H,1H3. The van der Waals surface area contributed by atoms with E-state index in [2.05, 4.69) is 15.1 Å². The molecule has 0 aliphatic heterocycles. The van der Waals surface area contributed by atoms with Crippen molar-refractivity contribution in [2.45, 2.75) is 0 Å². The van der Waals surface area contributed by atoms with Crippen molar-refractivity contribution < 1.29 is 9.26 Å².